The summed E-state index contributed by atoms with van der Waals surface area (Å²) in [6.07, 6.45) is 2.51. The number of rotatable bonds is 3. The van der Waals surface area contributed by atoms with Crippen LogP contribution in [0.3, 0.4) is 0 Å². The summed E-state index contributed by atoms with van der Waals surface area (Å²) in [6, 6.07) is -0.215. The number of nitrogens with two attached hydrogens (primary N) is 2. The van der Waals surface area contributed by atoms with Crippen molar-refractivity contribution in [3.8, 4) is 0 Å². The summed E-state index contributed by atoms with van der Waals surface area (Å²) in [5.41, 5.74) is 5.46. The predicted octanol–water partition coefficient (Wildman–Crippen LogP) is -0.766. The maximum atomic E-state index is 10.7. The molecule has 2 atom stereocenters. The molecule has 0 aliphatic heterocycles. The van der Waals surface area contributed by atoms with Gasteiger partial charge in [0.25, 0.3) is 10.2 Å². The molecule has 2 unspecified atom stereocenters. The van der Waals surface area contributed by atoms with Gasteiger partial charge in [0.2, 0.25) is 0 Å². The summed E-state index contributed by atoms with van der Waals surface area (Å²) < 4.78 is 23.8. The molecule has 1 aliphatic carbocycles. The van der Waals surface area contributed by atoms with E-state index in [4.69, 9.17) is 23.1 Å². The molecule has 0 aromatic carbocycles. The van der Waals surface area contributed by atoms with Gasteiger partial charge in [-0.05, 0) is 12.8 Å². The maximum Gasteiger partial charge on any atom is 0.274 e. The first-order chi connectivity index (χ1) is 5.90. The first-order valence-electron chi connectivity index (χ1n) is 3.99. The lowest BCUT2D eigenvalue weighted by Crippen LogP contribution is -2.44. The van der Waals surface area contributed by atoms with Crippen LogP contribution in [0.25, 0.3) is 0 Å². The fraction of sp³-hybridized carbons (Fsp3) is 0.833. The van der Waals surface area contributed by atoms with Gasteiger partial charge in [-0.1, -0.05) is 18.6 Å². The van der Waals surface area contributed by atoms with Crippen LogP contribution in [0.15, 0.2) is 0 Å². The smallest absolute Gasteiger partial charge is 0.274 e. The fourth-order valence-corrected chi connectivity index (χ4v) is 2.64. The summed E-state index contributed by atoms with van der Waals surface area (Å²) in [4.78, 5) is 0.360. The number of thiocarbonyl (C=S) groups is 1. The molecule has 0 spiro atoms. The Bertz CT molecular complexity index is 301. The monoisotopic (exact) mass is 223 g/mol. The zero-order chi connectivity index (χ0) is 10.1. The average Bonchev–Trinajstić information content (AvgIpc) is 2.31. The van der Waals surface area contributed by atoms with Crippen molar-refractivity contribution in [3.63, 3.8) is 0 Å². The van der Waals surface area contributed by atoms with E-state index in [0.29, 0.717) is 4.99 Å². The Morgan fingerprint density at radius 1 is 1.46 bits per heavy atom. The Kier molecular flexibility index (Phi) is 3.23. The second kappa shape index (κ2) is 3.87. The minimum Gasteiger partial charge on any atom is -0.393 e. The molecule has 0 saturated heterocycles. The van der Waals surface area contributed by atoms with Crippen LogP contribution in [-0.4, -0.2) is 19.4 Å². The quantitative estimate of drug-likeness (QED) is 0.547. The van der Waals surface area contributed by atoms with Crippen LogP contribution in [-0.2, 0) is 10.2 Å². The van der Waals surface area contributed by atoms with Gasteiger partial charge in [0.05, 0.1) is 4.99 Å². The van der Waals surface area contributed by atoms with Crippen LogP contribution in [0, 0.1) is 5.92 Å². The van der Waals surface area contributed by atoms with E-state index in [9.17, 15) is 8.42 Å². The van der Waals surface area contributed by atoms with E-state index in [1.807, 2.05) is 0 Å². The first-order valence-corrected chi connectivity index (χ1v) is 5.95. The van der Waals surface area contributed by atoms with Crippen LogP contribution in [0.1, 0.15) is 19.3 Å². The number of nitrogens with one attached hydrogen (secondary N) is 1. The molecule has 1 saturated carbocycles. The van der Waals surface area contributed by atoms with E-state index in [0.717, 1.165) is 19.3 Å². The number of hydrogen-bond donors (Lipinski definition) is 3. The SMILES string of the molecule is NC(=S)C1CCCC1NS(N)(=O)=O. The molecule has 0 amide bonds. The molecule has 76 valence electrons. The molecule has 5 nitrogen and oxygen atoms in total. The Balaban J connectivity index is 2.64. The van der Waals surface area contributed by atoms with Gasteiger partial charge in [0, 0.05) is 12.0 Å². The third kappa shape index (κ3) is 3.18. The highest BCUT2D eigenvalue weighted by Crippen LogP contribution is 2.25. The highest BCUT2D eigenvalue weighted by atomic mass is 32.2. The largest absolute Gasteiger partial charge is 0.393 e. The van der Waals surface area contributed by atoms with E-state index in [1.54, 1.807) is 0 Å². The molecule has 1 aliphatic rings. The fourth-order valence-electron chi connectivity index (χ4n) is 1.65. The molecule has 0 bridgehead atoms. The standard InChI is InChI=1S/C6H13N3O2S2/c7-6(12)4-2-1-3-5(4)9-13(8,10)11/h4-5,9H,1-3H2,(H2,7,12)(H2,8,10,11). The zero-order valence-corrected chi connectivity index (χ0v) is 8.70. The Labute approximate surface area is 83.0 Å². The second-order valence-corrected chi connectivity index (χ2v) is 5.01. The minimum atomic E-state index is -3.64. The number of hydrogen-bond acceptors (Lipinski definition) is 3. The van der Waals surface area contributed by atoms with Crippen molar-refractivity contribution in [1.29, 1.82) is 0 Å². The third-order valence-corrected chi connectivity index (χ3v) is 3.13. The topological polar surface area (TPSA) is 98.2 Å². The molecular weight excluding hydrogens is 210 g/mol. The van der Waals surface area contributed by atoms with Gasteiger partial charge in [-0.3, -0.25) is 0 Å². The zero-order valence-electron chi connectivity index (χ0n) is 7.06. The van der Waals surface area contributed by atoms with Crippen molar-refractivity contribution >= 4 is 27.4 Å². The highest BCUT2D eigenvalue weighted by Gasteiger charge is 2.31. The van der Waals surface area contributed by atoms with E-state index in [-0.39, 0.29) is 12.0 Å². The molecule has 0 aromatic rings. The van der Waals surface area contributed by atoms with E-state index in [1.165, 1.54) is 0 Å². The van der Waals surface area contributed by atoms with Crippen LogP contribution >= 0.6 is 12.2 Å². The van der Waals surface area contributed by atoms with Crippen molar-refractivity contribution in [2.24, 2.45) is 16.8 Å². The van der Waals surface area contributed by atoms with E-state index < -0.39 is 10.2 Å². The first kappa shape index (κ1) is 10.8. The molecule has 13 heavy (non-hydrogen) atoms. The molecule has 1 fully saturated rings. The maximum absolute atomic E-state index is 10.7. The molecule has 7 heteroatoms. The van der Waals surface area contributed by atoms with Crippen molar-refractivity contribution in [1.82, 2.24) is 4.72 Å². The van der Waals surface area contributed by atoms with Gasteiger partial charge in [-0.25, -0.2) is 5.14 Å². The lowest BCUT2D eigenvalue weighted by Gasteiger charge is -2.17. The van der Waals surface area contributed by atoms with Gasteiger partial charge in [0.1, 0.15) is 0 Å². The van der Waals surface area contributed by atoms with Crippen LogP contribution in [0.4, 0.5) is 0 Å². The van der Waals surface area contributed by atoms with Crippen molar-refractivity contribution in [3.05, 3.63) is 0 Å². The van der Waals surface area contributed by atoms with Gasteiger partial charge < -0.3 is 5.73 Å². The molecular formula is C6H13N3O2S2. The second-order valence-electron chi connectivity index (χ2n) is 3.21. The Hall–Kier alpha value is -0.240. The van der Waals surface area contributed by atoms with Crippen molar-refractivity contribution < 1.29 is 8.42 Å². The van der Waals surface area contributed by atoms with Crippen molar-refractivity contribution in [2.45, 2.75) is 25.3 Å². The van der Waals surface area contributed by atoms with E-state index >= 15 is 0 Å². The Morgan fingerprint density at radius 3 is 2.54 bits per heavy atom. The lowest BCUT2D eigenvalue weighted by molar-refractivity contribution is 0.526. The van der Waals surface area contributed by atoms with Crippen molar-refractivity contribution in [2.75, 3.05) is 0 Å². The molecule has 1 rings (SSSR count). The lowest BCUT2D eigenvalue weighted by atomic mass is 10.1. The predicted molar refractivity (Wildman–Crippen MR) is 54.2 cm³/mol. The van der Waals surface area contributed by atoms with Gasteiger partial charge in [-0.15, -0.1) is 0 Å². The minimum absolute atomic E-state index is 0.0478. The van der Waals surface area contributed by atoms with Gasteiger partial charge in [0.15, 0.2) is 0 Å². The summed E-state index contributed by atoms with van der Waals surface area (Å²) in [5, 5.41) is 4.85. The normalized spacial score (nSPS) is 29.0. The molecule has 0 aromatic heterocycles. The third-order valence-electron chi connectivity index (χ3n) is 2.20. The molecule has 5 N–H and O–H groups in total. The Morgan fingerprint density at radius 2 is 2.08 bits per heavy atom. The molecule has 0 radical (unpaired) electrons. The van der Waals surface area contributed by atoms with Crippen LogP contribution < -0.4 is 15.6 Å². The van der Waals surface area contributed by atoms with Crippen LogP contribution in [0.5, 0.6) is 0 Å². The summed E-state index contributed by atoms with van der Waals surface area (Å²) in [5.74, 6) is -0.0478. The average molecular weight is 223 g/mol. The van der Waals surface area contributed by atoms with E-state index in [2.05, 4.69) is 4.72 Å². The van der Waals surface area contributed by atoms with Gasteiger partial charge in [-0.2, -0.15) is 13.1 Å². The highest BCUT2D eigenvalue weighted by molar-refractivity contribution is 7.87. The summed E-state index contributed by atoms with van der Waals surface area (Å²) in [6.45, 7) is 0. The summed E-state index contributed by atoms with van der Waals surface area (Å²) >= 11 is 4.82. The van der Waals surface area contributed by atoms with Gasteiger partial charge >= 0.3 is 0 Å². The summed E-state index contributed by atoms with van der Waals surface area (Å²) in [7, 11) is -3.64. The van der Waals surface area contributed by atoms with Crippen LogP contribution in [0.2, 0.25) is 0 Å². The molecule has 0 heterocycles.